The minimum absolute atomic E-state index is 0.0845. The Morgan fingerprint density at radius 1 is 1.14 bits per heavy atom. The van der Waals surface area contributed by atoms with Crippen LogP contribution in [-0.2, 0) is 14.9 Å². The van der Waals surface area contributed by atoms with Crippen LogP contribution in [0.4, 0.5) is 8.78 Å². The maximum absolute atomic E-state index is 14.3. The first-order valence-electron chi connectivity index (χ1n) is 9.30. The van der Waals surface area contributed by atoms with Gasteiger partial charge in [0.15, 0.2) is 6.10 Å². The molecule has 29 heavy (non-hydrogen) atoms. The summed E-state index contributed by atoms with van der Waals surface area (Å²) in [4.78, 5) is 7.59. The van der Waals surface area contributed by atoms with Crippen LogP contribution in [0.1, 0.15) is 24.5 Å². The summed E-state index contributed by atoms with van der Waals surface area (Å²) in [6, 6.07) is 10.6. The Labute approximate surface area is 168 Å². The fraction of sp³-hybridized carbons (Fsp3) is 0.350. The molecule has 4 rings (SSSR count). The normalized spacial score (nSPS) is 21.9. The third kappa shape index (κ3) is 4.25. The van der Waals surface area contributed by atoms with Crippen LogP contribution >= 0.6 is 0 Å². The van der Waals surface area contributed by atoms with Gasteiger partial charge in [-0.2, -0.15) is 0 Å². The minimum Gasteiger partial charge on any atom is -0.386 e. The molecule has 2 aromatic rings. The van der Waals surface area contributed by atoms with Gasteiger partial charge in [0, 0.05) is 24.7 Å². The number of hydrogen-bond donors (Lipinski definition) is 1. The predicted molar refractivity (Wildman–Crippen MR) is 106 cm³/mol. The fourth-order valence-corrected chi connectivity index (χ4v) is 4.67. The molecule has 2 unspecified atom stereocenters. The van der Waals surface area contributed by atoms with E-state index in [1.54, 1.807) is 24.3 Å². The second-order valence-corrected chi connectivity index (χ2v) is 9.09. The van der Waals surface area contributed by atoms with E-state index >= 15 is 0 Å². The maximum atomic E-state index is 14.3. The molecule has 1 fully saturated rings. The van der Waals surface area contributed by atoms with E-state index in [0.29, 0.717) is 42.9 Å². The zero-order valence-corrected chi connectivity index (χ0v) is 16.6. The molecule has 6 nitrogen and oxygen atoms in total. The third-order valence-electron chi connectivity index (χ3n) is 5.13. The van der Waals surface area contributed by atoms with Crippen LogP contribution in [-0.4, -0.2) is 44.5 Å². The Morgan fingerprint density at radius 3 is 2.59 bits per heavy atom. The molecule has 2 aromatic carbocycles. The van der Waals surface area contributed by atoms with Gasteiger partial charge in [-0.3, -0.25) is 0 Å². The molecule has 0 saturated carbocycles. The van der Waals surface area contributed by atoms with Gasteiger partial charge >= 0.3 is 0 Å². The second-order valence-electron chi connectivity index (χ2n) is 7.31. The summed E-state index contributed by atoms with van der Waals surface area (Å²) in [7, 11) is -3.27. The molecule has 1 N–H and O–H groups in total. The molecule has 0 bridgehead atoms. The predicted octanol–water partition coefficient (Wildman–Crippen LogP) is 3.03. The zero-order chi connectivity index (χ0) is 20.6. The topological polar surface area (TPSA) is 71.0 Å². The Kier molecular flexibility index (Phi) is 5.26. The van der Waals surface area contributed by atoms with Gasteiger partial charge in [-0.1, -0.05) is 35.5 Å². The van der Waals surface area contributed by atoms with E-state index in [1.807, 2.05) is 4.90 Å². The lowest BCUT2D eigenvalue weighted by Gasteiger charge is -2.18. The highest BCUT2D eigenvalue weighted by Crippen LogP contribution is 2.37. The van der Waals surface area contributed by atoms with Crippen LogP contribution in [0.15, 0.2) is 47.6 Å². The van der Waals surface area contributed by atoms with Gasteiger partial charge in [0.05, 0.1) is 18.2 Å². The highest BCUT2D eigenvalue weighted by molar-refractivity contribution is 7.88. The quantitative estimate of drug-likeness (QED) is 0.824. The highest BCUT2D eigenvalue weighted by atomic mass is 32.2. The van der Waals surface area contributed by atoms with Gasteiger partial charge in [0.1, 0.15) is 17.5 Å². The number of likely N-dealkylation sites (tertiary alicyclic amines) is 1. The van der Waals surface area contributed by atoms with Crippen LogP contribution in [0.25, 0.3) is 11.1 Å². The lowest BCUT2D eigenvalue weighted by Crippen LogP contribution is -2.37. The van der Waals surface area contributed by atoms with Crippen molar-refractivity contribution < 1.29 is 22.0 Å². The minimum atomic E-state index is -3.27. The molecule has 0 spiro atoms. The van der Waals surface area contributed by atoms with Gasteiger partial charge in [-0.05, 0) is 24.1 Å². The standard InChI is InChI=1S/C20H21F2N3O3S/c1-29(26,27)24-13-9-10-25(12-13)19-11-18(28-23-19)14-5-2-3-6-15(14)20-16(21)7-4-8-17(20)22/h2-8,13,18,24H,9-12H2,1H3. The van der Waals surface area contributed by atoms with Gasteiger partial charge < -0.3 is 9.74 Å². The molecular formula is C20H21F2N3O3S. The maximum Gasteiger partial charge on any atom is 0.209 e. The molecule has 9 heteroatoms. The summed E-state index contributed by atoms with van der Waals surface area (Å²) >= 11 is 0. The van der Waals surface area contributed by atoms with Crippen LogP contribution in [0.2, 0.25) is 0 Å². The lowest BCUT2D eigenvalue weighted by atomic mass is 9.94. The van der Waals surface area contributed by atoms with E-state index < -0.39 is 27.8 Å². The fourth-order valence-electron chi connectivity index (χ4n) is 3.87. The summed E-state index contributed by atoms with van der Waals surface area (Å²) in [5.41, 5.74) is 1.00. The van der Waals surface area contributed by atoms with Crippen molar-refractivity contribution in [2.75, 3.05) is 19.3 Å². The first-order valence-corrected chi connectivity index (χ1v) is 11.2. The smallest absolute Gasteiger partial charge is 0.209 e. The summed E-state index contributed by atoms with van der Waals surface area (Å²) in [6.07, 6.45) is 1.79. The van der Waals surface area contributed by atoms with Crippen molar-refractivity contribution in [3.63, 3.8) is 0 Å². The number of amidine groups is 1. The van der Waals surface area contributed by atoms with Gasteiger partial charge in [0.25, 0.3) is 0 Å². The highest BCUT2D eigenvalue weighted by Gasteiger charge is 2.33. The van der Waals surface area contributed by atoms with Gasteiger partial charge in [0.2, 0.25) is 10.0 Å². The van der Waals surface area contributed by atoms with E-state index in [4.69, 9.17) is 4.84 Å². The monoisotopic (exact) mass is 421 g/mol. The SMILES string of the molecule is CS(=O)(=O)NC1CCN(C2=NOC(c3ccccc3-c3c(F)cccc3F)C2)C1. The zero-order valence-electron chi connectivity index (χ0n) is 15.8. The molecule has 1 saturated heterocycles. The molecule has 2 atom stereocenters. The van der Waals surface area contributed by atoms with Crippen LogP contribution in [0, 0.1) is 11.6 Å². The first-order chi connectivity index (χ1) is 13.8. The van der Waals surface area contributed by atoms with Crippen molar-refractivity contribution >= 4 is 15.9 Å². The molecule has 2 heterocycles. The second kappa shape index (κ2) is 7.72. The van der Waals surface area contributed by atoms with Crippen LogP contribution < -0.4 is 4.72 Å². The van der Waals surface area contributed by atoms with Crippen molar-refractivity contribution in [3.8, 4) is 11.1 Å². The molecular weight excluding hydrogens is 400 g/mol. The third-order valence-corrected chi connectivity index (χ3v) is 5.89. The van der Waals surface area contributed by atoms with Crippen molar-refractivity contribution in [1.29, 1.82) is 0 Å². The van der Waals surface area contributed by atoms with Crippen molar-refractivity contribution in [1.82, 2.24) is 9.62 Å². The Balaban J connectivity index is 1.52. The summed E-state index contributed by atoms with van der Waals surface area (Å²) in [5.74, 6) is -0.562. The summed E-state index contributed by atoms with van der Waals surface area (Å²) in [5, 5.41) is 4.16. The number of nitrogens with zero attached hydrogens (tertiary/aromatic N) is 2. The summed E-state index contributed by atoms with van der Waals surface area (Å²) in [6.45, 7) is 1.16. The molecule has 154 valence electrons. The number of hydrogen-bond acceptors (Lipinski definition) is 5. The van der Waals surface area contributed by atoms with E-state index in [1.165, 1.54) is 18.2 Å². The molecule has 0 aliphatic carbocycles. The first kappa shape index (κ1) is 19.8. The number of oxime groups is 1. The Bertz CT molecular complexity index is 1040. The van der Waals surface area contributed by atoms with Crippen molar-refractivity contribution in [3.05, 3.63) is 59.7 Å². The number of rotatable bonds is 4. The number of benzene rings is 2. The molecule has 2 aliphatic rings. The van der Waals surface area contributed by atoms with Gasteiger partial charge in [-0.15, -0.1) is 0 Å². The van der Waals surface area contributed by atoms with Crippen molar-refractivity contribution in [2.24, 2.45) is 5.16 Å². The molecule has 0 aromatic heterocycles. The number of halogens is 2. The van der Waals surface area contributed by atoms with E-state index in [0.717, 1.165) is 6.26 Å². The van der Waals surface area contributed by atoms with Crippen LogP contribution in [0.3, 0.4) is 0 Å². The van der Waals surface area contributed by atoms with Crippen molar-refractivity contribution in [2.45, 2.75) is 25.0 Å². The van der Waals surface area contributed by atoms with E-state index in [-0.39, 0.29) is 11.6 Å². The number of sulfonamides is 1. The Hall–Kier alpha value is -2.52. The average molecular weight is 421 g/mol. The molecule has 0 radical (unpaired) electrons. The summed E-state index contributed by atoms with van der Waals surface area (Å²) < 4.78 is 54.1. The molecule has 0 amide bonds. The lowest BCUT2D eigenvalue weighted by molar-refractivity contribution is 0.0859. The van der Waals surface area contributed by atoms with Gasteiger partial charge in [-0.25, -0.2) is 21.9 Å². The molecule has 2 aliphatic heterocycles. The number of nitrogens with one attached hydrogen (secondary N) is 1. The largest absolute Gasteiger partial charge is 0.386 e. The van der Waals surface area contributed by atoms with E-state index in [9.17, 15) is 17.2 Å². The van der Waals surface area contributed by atoms with E-state index in [2.05, 4.69) is 9.88 Å². The average Bonchev–Trinajstić information content (AvgIpc) is 3.30. The van der Waals surface area contributed by atoms with Crippen LogP contribution in [0.5, 0.6) is 0 Å². The Morgan fingerprint density at radius 2 is 1.86 bits per heavy atom.